The van der Waals surface area contributed by atoms with E-state index in [2.05, 4.69) is 34.7 Å². The van der Waals surface area contributed by atoms with Crippen LogP contribution in [0.5, 0.6) is 5.75 Å². The number of nitrogens with zero attached hydrogens (tertiary/aromatic N) is 4. The van der Waals surface area contributed by atoms with Crippen molar-refractivity contribution in [1.29, 1.82) is 0 Å². The van der Waals surface area contributed by atoms with Gasteiger partial charge in [-0.15, -0.1) is 5.10 Å². The smallest absolute Gasteiger partial charge is 0.173 e. The summed E-state index contributed by atoms with van der Waals surface area (Å²) in [5.41, 5.74) is 1.99. The van der Waals surface area contributed by atoms with E-state index in [1.807, 2.05) is 25.1 Å². The minimum atomic E-state index is 0.0789. The molecule has 0 aliphatic heterocycles. The summed E-state index contributed by atoms with van der Waals surface area (Å²) in [6.07, 6.45) is 1.07. The fourth-order valence-electron chi connectivity index (χ4n) is 2.05. The minimum absolute atomic E-state index is 0.0789. The molecule has 0 radical (unpaired) electrons. The molecule has 1 N–H and O–H groups in total. The van der Waals surface area contributed by atoms with Gasteiger partial charge in [0.15, 0.2) is 5.82 Å². The molecule has 0 fully saturated rings. The molecule has 0 saturated carbocycles. The lowest BCUT2D eigenvalue weighted by Gasteiger charge is -2.15. The number of methoxy groups -OCH3 is 1. The highest BCUT2D eigenvalue weighted by Crippen LogP contribution is 2.25. The SMILES string of the molecule is CCCNC(C)c1nnnn1-c1cc(C)ccc1OC. The van der Waals surface area contributed by atoms with Crippen molar-refractivity contribution < 1.29 is 4.74 Å². The zero-order chi connectivity index (χ0) is 14.5. The molecule has 2 aromatic rings. The summed E-state index contributed by atoms with van der Waals surface area (Å²) >= 11 is 0. The first-order valence-corrected chi connectivity index (χ1v) is 6.84. The van der Waals surface area contributed by atoms with Gasteiger partial charge in [-0.05, 0) is 54.9 Å². The number of hydrogen-bond acceptors (Lipinski definition) is 5. The predicted octanol–water partition coefficient (Wildman–Crippen LogP) is 2.04. The van der Waals surface area contributed by atoms with Crippen LogP contribution in [0.4, 0.5) is 0 Å². The summed E-state index contributed by atoms with van der Waals surface area (Å²) in [6, 6.07) is 6.03. The second kappa shape index (κ2) is 6.47. The Kier molecular flexibility index (Phi) is 4.68. The van der Waals surface area contributed by atoms with Crippen molar-refractivity contribution in [2.24, 2.45) is 0 Å². The van der Waals surface area contributed by atoms with Gasteiger partial charge < -0.3 is 10.1 Å². The van der Waals surface area contributed by atoms with Crippen LogP contribution in [0.25, 0.3) is 5.69 Å². The van der Waals surface area contributed by atoms with E-state index < -0.39 is 0 Å². The topological polar surface area (TPSA) is 64.9 Å². The van der Waals surface area contributed by atoms with Crippen LogP contribution in [0.3, 0.4) is 0 Å². The van der Waals surface area contributed by atoms with Gasteiger partial charge in [-0.3, -0.25) is 0 Å². The van der Waals surface area contributed by atoms with Crippen molar-refractivity contribution in [2.45, 2.75) is 33.2 Å². The second-order valence-electron chi connectivity index (χ2n) is 4.80. The Hall–Kier alpha value is -1.95. The Morgan fingerprint density at radius 2 is 2.20 bits per heavy atom. The third kappa shape index (κ3) is 2.96. The zero-order valence-electron chi connectivity index (χ0n) is 12.4. The summed E-state index contributed by atoms with van der Waals surface area (Å²) in [5.74, 6) is 1.54. The maximum absolute atomic E-state index is 5.40. The van der Waals surface area contributed by atoms with E-state index >= 15 is 0 Å². The highest BCUT2D eigenvalue weighted by atomic mass is 16.5. The normalized spacial score (nSPS) is 12.4. The number of aryl methyl sites for hydroxylation is 1. The lowest BCUT2D eigenvalue weighted by molar-refractivity contribution is 0.410. The molecule has 1 atom stereocenters. The first-order chi connectivity index (χ1) is 9.67. The molecular weight excluding hydrogens is 254 g/mol. The quantitative estimate of drug-likeness (QED) is 0.874. The summed E-state index contributed by atoms with van der Waals surface area (Å²) < 4.78 is 7.14. The van der Waals surface area contributed by atoms with Crippen molar-refractivity contribution >= 4 is 0 Å². The molecule has 0 saturated heterocycles. The van der Waals surface area contributed by atoms with E-state index in [9.17, 15) is 0 Å². The van der Waals surface area contributed by atoms with Crippen LogP contribution in [0.2, 0.25) is 0 Å². The van der Waals surface area contributed by atoms with Crippen LogP contribution in [0.1, 0.15) is 37.7 Å². The molecule has 6 nitrogen and oxygen atoms in total. The third-order valence-corrected chi connectivity index (χ3v) is 3.14. The van der Waals surface area contributed by atoms with Crippen LogP contribution >= 0.6 is 0 Å². The van der Waals surface area contributed by atoms with E-state index in [0.717, 1.165) is 35.8 Å². The second-order valence-corrected chi connectivity index (χ2v) is 4.80. The van der Waals surface area contributed by atoms with E-state index in [-0.39, 0.29) is 6.04 Å². The largest absolute Gasteiger partial charge is 0.494 e. The first kappa shape index (κ1) is 14.5. The van der Waals surface area contributed by atoms with Crippen LogP contribution in [0.15, 0.2) is 18.2 Å². The van der Waals surface area contributed by atoms with Gasteiger partial charge in [-0.1, -0.05) is 13.0 Å². The molecule has 0 amide bonds. The standard InChI is InChI=1S/C14H21N5O/c1-5-8-15-11(3)14-16-17-18-19(14)12-9-10(2)6-7-13(12)20-4/h6-7,9,11,15H,5,8H2,1-4H3. The molecule has 0 aliphatic carbocycles. The molecule has 6 heteroatoms. The van der Waals surface area contributed by atoms with Gasteiger partial charge in [-0.2, -0.15) is 4.68 Å². The van der Waals surface area contributed by atoms with Gasteiger partial charge in [-0.25, -0.2) is 0 Å². The minimum Gasteiger partial charge on any atom is -0.494 e. The lowest BCUT2D eigenvalue weighted by Crippen LogP contribution is -2.23. The van der Waals surface area contributed by atoms with Gasteiger partial charge in [0.2, 0.25) is 0 Å². The molecule has 0 spiro atoms. The van der Waals surface area contributed by atoms with E-state index in [1.54, 1.807) is 11.8 Å². The van der Waals surface area contributed by atoms with Gasteiger partial charge in [0, 0.05) is 0 Å². The fraction of sp³-hybridized carbons (Fsp3) is 0.500. The van der Waals surface area contributed by atoms with E-state index in [0.29, 0.717) is 0 Å². The Balaban J connectivity index is 2.39. The Labute approximate surface area is 119 Å². The number of rotatable bonds is 6. The van der Waals surface area contributed by atoms with Crippen LogP contribution < -0.4 is 10.1 Å². The predicted molar refractivity (Wildman–Crippen MR) is 77.2 cm³/mol. The Morgan fingerprint density at radius 3 is 2.90 bits per heavy atom. The number of tetrazole rings is 1. The lowest BCUT2D eigenvalue weighted by atomic mass is 10.2. The van der Waals surface area contributed by atoms with Crippen molar-refractivity contribution in [1.82, 2.24) is 25.5 Å². The molecule has 0 aliphatic rings. The number of benzene rings is 1. The number of aromatic nitrogens is 4. The molecule has 1 aromatic heterocycles. The van der Waals surface area contributed by atoms with E-state index in [1.165, 1.54) is 0 Å². The number of nitrogens with one attached hydrogen (secondary N) is 1. The van der Waals surface area contributed by atoms with Gasteiger partial charge in [0.25, 0.3) is 0 Å². The van der Waals surface area contributed by atoms with E-state index in [4.69, 9.17) is 4.74 Å². The van der Waals surface area contributed by atoms with Gasteiger partial charge in [0.1, 0.15) is 11.4 Å². The molecule has 0 bridgehead atoms. The van der Waals surface area contributed by atoms with Crippen molar-refractivity contribution in [3.8, 4) is 11.4 Å². The highest BCUT2D eigenvalue weighted by molar-refractivity contribution is 5.48. The monoisotopic (exact) mass is 275 g/mol. The van der Waals surface area contributed by atoms with Crippen molar-refractivity contribution in [3.05, 3.63) is 29.6 Å². The first-order valence-electron chi connectivity index (χ1n) is 6.84. The maximum atomic E-state index is 5.40. The molecule has 1 aromatic carbocycles. The Morgan fingerprint density at radius 1 is 1.40 bits per heavy atom. The van der Waals surface area contributed by atoms with Gasteiger partial charge >= 0.3 is 0 Å². The average molecular weight is 275 g/mol. The Bertz CT molecular complexity index is 566. The highest BCUT2D eigenvalue weighted by Gasteiger charge is 2.17. The fourth-order valence-corrected chi connectivity index (χ4v) is 2.05. The van der Waals surface area contributed by atoms with Crippen LogP contribution in [-0.2, 0) is 0 Å². The number of ether oxygens (including phenoxy) is 1. The zero-order valence-corrected chi connectivity index (χ0v) is 12.4. The average Bonchev–Trinajstić information content (AvgIpc) is 2.94. The number of hydrogen-bond donors (Lipinski definition) is 1. The third-order valence-electron chi connectivity index (χ3n) is 3.14. The maximum Gasteiger partial charge on any atom is 0.173 e. The summed E-state index contributed by atoms with van der Waals surface area (Å²) in [4.78, 5) is 0. The van der Waals surface area contributed by atoms with Gasteiger partial charge in [0.05, 0.1) is 13.2 Å². The summed E-state index contributed by atoms with van der Waals surface area (Å²) in [7, 11) is 1.65. The molecule has 2 rings (SSSR count). The molecule has 1 heterocycles. The van der Waals surface area contributed by atoms with Crippen molar-refractivity contribution in [3.63, 3.8) is 0 Å². The van der Waals surface area contributed by atoms with Crippen LogP contribution in [0, 0.1) is 6.92 Å². The molecule has 20 heavy (non-hydrogen) atoms. The molecular formula is C14H21N5O. The van der Waals surface area contributed by atoms with Crippen LogP contribution in [-0.4, -0.2) is 33.9 Å². The molecule has 108 valence electrons. The molecule has 1 unspecified atom stereocenters. The summed E-state index contributed by atoms with van der Waals surface area (Å²) in [6.45, 7) is 7.15. The summed E-state index contributed by atoms with van der Waals surface area (Å²) in [5, 5.41) is 15.4. The van der Waals surface area contributed by atoms with Crippen molar-refractivity contribution in [2.75, 3.05) is 13.7 Å².